The van der Waals surface area contributed by atoms with Gasteiger partial charge in [-0.3, -0.25) is 9.35 Å². The van der Waals surface area contributed by atoms with Gasteiger partial charge in [-0.2, -0.15) is 17.2 Å². The van der Waals surface area contributed by atoms with Crippen LogP contribution in [-0.2, 0) is 38.7 Å². The molecule has 0 saturated carbocycles. The van der Waals surface area contributed by atoms with Crippen LogP contribution in [0.15, 0.2) is 0 Å². The van der Waals surface area contributed by atoms with Crippen LogP contribution in [0.2, 0.25) is 0 Å². The number of alkyl halides is 2. The molecule has 2 atom stereocenters. The molecular formula is C13H20F2O10S. The van der Waals surface area contributed by atoms with Crippen LogP contribution in [0, 0.1) is 0 Å². The largest absolute Gasteiger partial charge is 0.465 e. The molecule has 1 saturated heterocycles. The van der Waals surface area contributed by atoms with Crippen LogP contribution >= 0.6 is 0 Å². The van der Waals surface area contributed by atoms with Gasteiger partial charge in [-0.05, 0) is 13.8 Å². The summed E-state index contributed by atoms with van der Waals surface area (Å²) in [6.45, 7) is 1.64. The van der Waals surface area contributed by atoms with Crippen molar-refractivity contribution in [3.05, 3.63) is 0 Å². The Balaban J connectivity index is 2.66. The molecule has 26 heavy (non-hydrogen) atoms. The molecule has 1 heterocycles. The molecule has 0 aromatic heterocycles. The quantitative estimate of drug-likeness (QED) is 0.412. The zero-order valence-corrected chi connectivity index (χ0v) is 14.8. The Morgan fingerprint density at radius 1 is 1.23 bits per heavy atom. The highest BCUT2D eigenvalue weighted by Crippen LogP contribution is 2.29. The zero-order valence-electron chi connectivity index (χ0n) is 14.0. The summed E-state index contributed by atoms with van der Waals surface area (Å²) in [5.41, 5.74) is 0. The van der Waals surface area contributed by atoms with E-state index in [4.69, 9.17) is 19.1 Å². The number of hydrogen-bond donors (Lipinski definition) is 2. The van der Waals surface area contributed by atoms with Gasteiger partial charge in [-0.25, -0.2) is 4.79 Å². The third-order valence-corrected chi connectivity index (χ3v) is 3.95. The fraction of sp³-hybridized carbons (Fsp3) is 0.846. The van der Waals surface area contributed by atoms with Gasteiger partial charge in [0, 0.05) is 6.42 Å². The molecule has 2 unspecified atom stereocenters. The van der Waals surface area contributed by atoms with Crippen LogP contribution in [0.1, 0.15) is 26.7 Å². The number of ether oxygens (including phenoxy) is 4. The second-order valence-corrected chi connectivity index (χ2v) is 7.32. The lowest BCUT2D eigenvalue weighted by Crippen LogP contribution is -2.48. The second-order valence-electron chi connectivity index (χ2n) is 5.85. The summed E-state index contributed by atoms with van der Waals surface area (Å²) < 4.78 is 75.4. The third-order valence-electron chi connectivity index (χ3n) is 3.14. The van der Waals surface area contributed by atoms with E-state index in [0.29, 0.717) is 0 Å². The minimum absolute atomic E-state index is 0.0393. The summed E-state index contributed by atoms with van der Waals surface area (Å²) in [6.07, 6.45) is -1.99. The molecule has 0 aromatic carbocycles. The summed E-state index contributed by atoms with van der Waals surface area (Å²) in [4.78, 5) is 22.8. The van der Waals surface area contributed by atoms with Gasteiger partial charge in [0.15, 0.2) is 5.79 Å². The van der Waals surface area contributed by atoms with E-state index in [0.717, 1.165) is 0 Å². The summed E-state index contributed by atoms with van der Waals surface area (Å²) in [5, 5.41) is 3.48. The molecule has 2 N–H and O–H groups in total. The first kappa shape index (κ1) is 22.6. The van der Waals surface area contributed by atoms with E-state index in [2.05, 4.69) is 9.47 Å². The summed E-state index contributed by atoms with van der Waals surface area (Å²) in [6, 6.07) is 0. The number of aliphatic hydroxyl groups is 1. The van der Waals surface area contributed by atoms with E-state index in [9.17, 15) is 26.8 Å². The number of hydrogen-bond acceptors (Lipinski definition) is 9. The molecule has 0 amide bonds. The van der Waals surface area contributed by atoms with Crippen molar-refractivity contribution in [2.24, 2.45) is 0 Å². The Hall–Kier alpha value is -1.41. The molecule has 1 aliphatic rings. The van der Waals surface area contributed by atoms with Gasteiger partial charge < -0.3 is 24.1 Å². The van der Waals surface area contributed by atoms with Gasteiger partial charge >= 0.3 is 27.3 Å². The molecule has 1 aliphatic heterocycles. The molecule has 1 fully saturated rings. The van der Waals surface area contributed by atoms with E-state index in [-0.39, 0.29) is 26.1 Å². The highest BCUT2D eigenvalue weighted by molar-refractivity contribution is 7.87. The average Bonchev–Trinajstić information content (AvgIpc) is 2.47. The molecule has 0 aromatic rings. The van der Waals surface area contributed by atoms with E-state index < -0.39 is 51.9 Å². The molecule has 10 nitrogen and oxygen atoms in total. The van der Waals surface area contributed by atoms with Crippen LogP contribution in [0.5, 0.6) is 0 Å². The van der Waals surface area contributed by atoms with E-state index >= 15 is 0 Å². The van der Waals surface area contributed by atoms with Crippen LogP contribution < -0.4 is 0 Å². The Bertz CT molecular complexity index is 618. The fourth-order valence-corrected chi connectivity index (χ4v) is 2.48. The lowest BCUT2D eigenvalue weighted by molar-refractivity contribution is -0.305. The van der Waals surface area contributed by atoms with Gasteiger partial charge in [-0.15, -0.1) is 0 Å². The van der Waals surface area contributed by atoms with Gasteiger partial charge in [0.1, 0.15) is 13.2 Å². The summed E-state index contributed by atoms with van der Waals surface area (Å²) in [5.74, 6) is -4.37. The van der Waals surface area contributed by atoms with Crippen LogP contribution in [0.4, 0.5) is 8.78 Å². The number of esters is 2. The number of aliphatic hydroxyl groups excluding tert-OH is 1. The van der Waals surface area contributed by atoms with Crippen LogP contribution in [0.3, 0.4) is 0 Å². The Labute approximate surface area is 148 Å². The van der Waals surface area contributed by atoms with Crippen molar-refractivity contribution >= 4 is 22.1 Å². The highest BCUT2D eigenvalue weighted by Gasteiger charge is 2.54. The number of halogens is 2. The Kier molecular flexibility index (Phi) is 7.42. The van der Waals surface area contributed by atoms with Crippen molar-refractivity contribution in [1.82, 2.24) is 0 Å². The normalized spacial score (nSPS) is 23.3. The summed E-state index contributed by atoms with van der Waals surface area (Å²) >= 11 is 0. The molecule has 0 spiro atoms. The van der Waals surface area contributed by atoms with E-state index in [1.807, 2.05) is 0 Å². The van der Waals surface area contributed by atoms with Crippen molar-refractivity contribution in [2.75, 3.05) is 19.8 Å². The number of carbonyl (C=O) groups is 2. The van der Waals surface area contributed by atoms with Gasteiger partial charge in [-0.1, -0.05) is 0 Å². The van der Waals surface area contributed by atoms with Crippen LogP contribution in [-0.4, -0.2) is 73.1 Å². The zero-order chi connectivity index (χ0) is 20.2. The van der Waals surface area contributed by atoms with E-state index in [1.165, 1.54) is 13.8 Å². The first-order chi connectivity index (χ1) is 11.8. The lowest BCUT2D eigenvalue weighted by Gasteiger charge is -2.40. The van der Waals surface area contributed by atoms with E-state index in [1.54, 1.807) is 0 Å². The van der Waals surface area contributed by atoms with Gasteiger partial charge in [0.25, 0.3) is 0 Å². The topological polar surface area (TPSA) is 146 Å². The van der Waals surface area contributed by atoms with Crippen molar-refractivity contribution in [2.45, 2.75) is 49.9 Å². The standard InChI is InChI=1S/C13H20F2O10S/c1-12(2)24-8(6-10(17)22-4-3-16)5-9(25-12)7-23-11(18)13(14,15)26(19,20)21/h8-9,16H,3-7H2,1-2H3,(H,19,20,21). The SMILES string of the molecule is CC1(C)OC(COC(=O)C(F)(F)S(=O)(=O)O)CC(CC(=O)OCCO)O1. The monoisotopic (exact) mass is 406 g/mol. The average molecular weight is 406 g/mol. The maximum absolute atomic E-state index is 13.1. The Morgan fingerprint density at radius 3 is 2.35 bits per heavy atom. The molecule has 152 valence electrons. The maximum Gasteiger partial charge on any atom is 0.465 e. The Morgan fingerprint density at radius 2 is 1.81 bits per heavy atom. The van der Waals surface area contributed by atoms with Crippen molar-refractivity contribution < 1.29 is 55.4 Å². The van der Waals surface area contributed by atoms with Crippen molar-refractivity contribution in [3.63, 3.8) is 0 Å². The minimum atomic E-state index is -5.97. The maximum atomic E-state index is 13.1. The second kappa shape index (κ2) is 8.52. The fourth-order valence-electron chi connectivity index (χ4n) is 2.21. The van der Waals surface area contributed by atoms with Gasteiger partial charge in [0.05, 0.1) is 25.2 Å². The summed E-state index contributed by atoms with van der Waals surface area (Å²) in [7, 11) is -5.97. The molecule has 13 heteroatoms. The lowest BCUT2D eigenvalue weighted by atomic mass is 10.1. The molecule has 0 bridgehead atoms. The van der Waals surface area contributed by atoms with Gasteiger partial charge in [0.2, 0.25) is 0 Å². The molecule has 1 rings (SSSR count). The molecule has 0 radical (unpaired) electrons. The predicted octanol–water partition coefficient (Wildman–Crippen LogP) is -0.154. The highest BCUT2D eigenvalue weighted by atomic mass is 32.2. The van der Waals surface area contributed by atoms with Crippen molar-refractivity contribution in [1.29, 1.82) is 0 Å². The molecule has 0 aliphatic carbocycles. The van der Waals surface area contributed by atoms with Crippen molar-refractivity contribution in [3.8, 4) is 0 Å². The first-order valence-corrected chi connectivity index (χ1v) is 8.86. The minimum Gasteiger partial charge on any atom is -0.463 e. The molecular weight excluding hydrogens is 386 g/mol. The smallest absolute Gasteiger partial charge is 0.463 e. The van der Waals surface area contributed by atoms with Crippen LogP contribution in [0.25, 0.3) is 0 Å². The predicted molar refractivity (Wildman–Crippen MR) is 78.6 cm³/mol. The number of rotatable bonds is 8. The number of carbonyl (C=O) groups excluding carboxylic acids is 2. The third kappa shape index (κ3) is 6.39. The first-order valence-electron chi connectivity index (χ1n) is 7.42.